The molecule has 4 nitrogen and oxygen atoms in total. The van der Waals surface area contributed by atoms with Crippen molar-refractivity contribution in [1.29, 1.82) is 0 Å². The van der Waals surface area contributed by atoms with E-state index in [0.717, 1.165) is 21.8 Å². The maximum Gasteiger partial charge on any atom is 0.120 e. The minimum Gasteiger partial charge on any atom is -0.491 e. The van der Waals surface area contributed by atoms with Crippen LogP contribution >= 0.6 is 27.3 Å². The fraction of sp³-hybridized carbons (Fsp3) is 0.357. The van der Waals surface area contributed by atoms with Gasteiger partial charge in [-0.25, -0.2) is 4.98 Å². The molecule has 2 rings (SSSR count). The van der Waals surface area contributed by atoms with Gasteiger partial charge in [0.05, 0.1) is 5.01 Å². The number of benzene rings is 1. The third-order valence-electron chi connectivity index (χ3n) is 2.59. The molecule has 2 N–H and O–H groups in total. The Bertz CT molecular complexity index is 547. The highest BCUT2D eigenvalue weighted by Gasteiger charge is 2.06. The number of thiazole rings is 1. The summed E-state index contributed by atoms with van der Waals surface area (Å²) in [4.78, 5) is 5.35. The molecule has 20 heavy (non-hydrogen) atoms. The number of nitrogens with one attached hydrogen (secondary N) is 1. The Morgan fingerprint density at radius 3 is 3.05 bits per heavy atom. The Balaban J connectivity index is 1.66. The quantitative estimate of drug-likeness (QED) is 0.800. The van der Waals surface area contributed by atoms with Gasteiger partial charge in [0, 0.05) is 28.6 Å². The summed E-state index contributed by atoms with van der Waals surface area (Å²) < 4.78 is 6.49. The molecule has 0 spiro atoms. The van der Waals surface area contributed by atoms with Crippen molar-refractivity contribution in [3.63, 3.8) is 0 Å². The fourth-order valence-electron chi connectivity index (χ4n) is 1.66. The average Bonchev–Trinajstić information content (AvgIpc) is 2.82. The summed E-state index contributed by atoms with van der Waals surface area (Å²) in [5.74, 6) is 0.747. The lowest BCUT2D eigenvalue weighted by atomic mass is 10.3. The molecule has 108 valence electrons. The van der Waals surface area contributed by atoms with E-state index in [4.69, 9.17) is 4.74 Å². The molecule has 1 unspecified atom stereocenters. The number of hydrogen-bond donors (Lipinski definition) is 2. The van der Waals surface area contributed by atoms with Crippen molar-refractivity contribution in [2.45, 2.75) is 19.6 Å². The third-order valence-corrected chi connectivity index (χ3v) is 3.99. The second kappa shape index (κ2) is 7.73. The van der Waals surface area contributed by atoms with E-state index in [1.165, 1.54) is 4.88 Å². The molecule has 0 aliphatic carbocycles. The molecule has 0 aliphatic heterocycles. The van der Waals surface area contributed by atoms with E-state index >= 15 is 0 Å². The number of aromatic nitrogens is 1. The predicted molar refractivity (Wildman–Crippen MR) is 84.2 cm³/mol. The van der Waals surface area contributed by atoms with Crippen molar-refractivity contribution in [2.75, 3.05) is 13.2 Å². The van der Waals surface area contributed by atoms with Gasteiger partial charge in [0.2, 0.25) is 0 Å². The molecule has 1 aromatic carbocycles. The molecule has 0 radical (unpaired) electrons. The molecule has 1 atom stereocenters. The van der Waals surface area contributed by atoms with E-state index in [1.54, 1.807) is 11.3 Å². The molecule has 0 fully saturated rings. The van der Waals surface area contributed by atoms with Gasteiger partial charge < -0.3 is 15.2 Å². The van der Waals surface area contributed by atoms with Crippen LogP contribution in [0.3, 0.4) is 0 Å². The first-order chi connectivity index (χ1) is 9.63. The van der Waals surface area contributed by atoms with Crippen molar-refractivity contribution in [3.8, 4) is 5.75 Å². The van der Waals surface area contributed by atoms with Gasteiger partial charge in [-0.2, -0.15) is 0 Å². The molecule has 6 heteroatoms. The van der Waals surface area contributed by atoms with Crippen LogP contribution in [-0.2, 0) is 6.54 Å². The number of nitrogens with zero attached hydrogens (tertiary/aromatic N) is 1. The zero-order valence-electron chi connectivity index (χ0n) is 11.2. The van der Waals surface area contributed by atoms with Gasteiger partial charge in [0.15, 0.2) is 0 Å². The first-order valence-electron chi connectivity index (χ1n) is 6.32. The number of hydrogen-bond acceptors (Lipinski definition) is 5. The molecule has 1 heterocycles. The van der Waals surface area contributed by atoms with Crippen LogP contribution in [0.4, 0.5) is 0 Å². The lowest BCUT2D eigenvalue weighted by molar-refractivity contribution is 0.106. The SMILES string of the molecule is Cc1ncc(CNCC(O)COc2cccc(Br)c2)s1. The van der Waals surface area contributed by atoms with Crippen molar-refractivity contribution in [3.05, 3.63) is 44.8 Å². The van der Waals surface area contributed by atoms with E-state index in [2.05, 4.69) is 26.2 Å². The largest absolute Gasteiger partial charge is 0.491 e. The number of aliphatic hydroxyl groups excluding tert-OH is 1. The van der Waals surface area contributed by atoms with Gasteiger partial charge in [-0.15, -0.1) is 11.3 Å². The highest BCUT2D eigenvalue weighted by molar-refractivity contribution is 9.10. The van der Waals surface area contributed by atoms with Gasteiger partial charge in [-0.05, 0) is 25.1 Å². The molecular formula is C14H17BrN2O2S. The second-order valence-electron chi connectivity index (χ2n) is 4.40. The lowest BCUT2D eigenvalue weighted by Gasteiger charge is -2.13. The highest BCUT2D eigenvalue weighted by Crippen LogP contribution is 2.17. The number of aryl methyl sites for hydroxylation is 1. The number of ether oxygens (including phenoxy) is 1. The van der Waals surface area contributed by atoms with Crippen molar-refractivity contribution in [2.24, 2.45) is 0 Å². The fourth-order valence-corrected chi connectivity index (χ4v) is 2.80. The maximum absolute atomic E-state index is 9.85. The zero-order valence-corrected chi connectivity index (χ0v) is 13.6. The minimum atomic E-state index is -0.539. The number of halogens is 1. The van der Waals surface area contributed by atoms with Gasteiger partial charge in [-0.3, -0.25) is 0 Å². The summed E-state index contributed by atoms with van der Waals surface area (Å²) in [7, 11) is 0. The summed E-state index contributed by atoms with van der Waals surface area (Å²) >= 11 is 5.04. The van der Waals surface area contributed by atoms with Gasteiger partial charge in [0.25, 0.3) is 0 Å². The molecular weight excluding hydrogens is 340 g/mol. The van der Waals surface area contributed by atoms with E-state index in [0.29, 0.717) is 6.54 Å². The third kappa shape index (κ3) is 5.20. The lowest BCUT2D eigenvalue weighted by Crippen LogP contribution is -2.30. The Kier molecular flexibility index (Phi) is 5.97. The second-order valence-corrected chi connectivity index (χ2v) is 6.63. The smallest absolute Gasteiger partial charge is 0.120 e. The van der Waals surface area contributed by atoms with Crippen LogP contribution in [0.2, 0.25) is 0 Å². The average molecular weight is 357 g/mol. The Labute approximate surface area is 130 Å². The van der Waals surface area contributed by atoms with Crippen LogP contribution in [0.15, 0.2) is 34.9 Å². The Morgan fingerprint density at radius 1 is 1.50 bits per heavy atom. The summed E-state index contributed by atoms with van der Waals surface area (Å²) in [5, 5.41) is 14.1. The Hall–Kier alpha value is -0.950. The molecule has 0 bridgehead atoms. The van der Waals surface area contributed by atoms with Gasteiger partial charge in [-0.1, -0.05) is 22.0 Å². The number of rotatable bonds is 7. The first-order valence-corrected chi connectivity index (χ1v) is 7.93. The van der Waals surface area contributed by atoms with E-state index in [1.807, 2.05) is 37.4 Å². The number of aliphatic hydroxyl groups is 1. The van der Waals surface area contributed by atoms with Crippen LogP contribution in [-0.4, -0.2) is 29.3 Å². The van der Waals surface area contributed by atoms with Crippen LogP contribution in [0.25, 0.3) is 0 Å². The van der Waals surface area contributed by atoms with Crippen LogP contribution in [0.5, 0.6) is 5.75 Å². The van der Waals surface area contributed by atoms with Crippen molar-refractivity contribution in [1.82, 2.24) is 10.3 Å². The molecule has 1 aromatic heterocycles. The van der Waals surface area contributed by atoms with E-state index in [-0.39, 0.29) is 6.61 Å². The van der Waals surface area contributed by atoms with E-state index in [9.17, 15) is 5.11 Å². The molecule has 0 aliphatic rings. The van der Waals surface area contributed by atoms with E-state index < -0.39 is 6.10 Å². The summed E-state index contributed by atoms with van der Waals surface area (Å²) in [5.41, 5.74) is 0. The topological polar surface area (TPSA) is 54.4 Å². The Morgan fingerprint density at radius 2 is 2.35 bits per heavy atom. The molecule has 0 saturated carbocycles. The monoisotopic (exact) mass is 356 g/mol. The van der Waals surface area contributed by atoms with Crippen molar-refractivity contribution < 1.29 is 9.84 Å². The maximum atomic E-state index is 9.85. The standard InChI is InChI=1S/C14H17BrN2O2S/c1-10-17-8-14(20-10)7-16-6-12(18)9-19-13-4-2-3-11(15)5-13/h2-5,8,12,16,18H,6-7,9H2,1H3. The van der Waals surface area contributed by atoms with Crippen LogP contribution < -0.4 is 10.1 Å². The normalized spacial score (nSPS) is 12.3. The molecule has 0 saturated heterocycles. The minimum absolute atomic E-state index is 0.269. The summed E-state index contributed by atoms with van der Waals surface area (Å²) in [6, 6.07) is 7.57. The van der Waals surface area contributed by atoms with Crippen molar-refractivity contribution >= 4 is 27.3 Å². The predicted octanol–water partition coefficient (Wildman–Crippen LogP) is 2.74. The summed E-state index contributed by atoms with van der Waals surface area (Å²) in [6.45, 7) is 3.46. The van der Waals surface area contributed by atoms with Crippen LogP contribution in [0.1, 0.15) is 9.88 Å². The van der Waals surface area contributed by atoms with Gasteiger partial charge in [0.1, 0.15) is 18.5 Å². The first kappa shape index (κ1) is 15.4. The highest BCUT2D eigenvalue weighted by atomic mass is 79.9. The zero-order chi connectivity index (χ0) is 14.4. The summed E-state index contributed by atoms with van der Waals surface area (Å²) in [6.07, 6.45) is 1.32. The van der Waals surface area contributed by atoms with Gasteiger partial charge >= 0.3 is 0 Å². The molecule has 2 aromatic rings. The van der Waals surface area contributed by atoms with Crippen LogP contribution in [0, 0.1) is 6.92 Å². The molecule has 0 amide bonds.